The molecule has 0 unspecified atom stereocenters. The van der Waals surface area contributed by atoms with Crippen LogP contribution in [0.15, 0.2) is 60.2 Å². The standard InChI is InChI=1S/C18H16N2O2/c1-13(15-5-3-2-4-6-15)22-17-9-7-14(8-10-17)11-16(12-19)18(20)21/h2-11,13H,1H3,(H2,20,21)/b16-11+/t13-/m0/s1. The average molecular weight is 292 g/mol. The molecule has 0 saturated carbocycles. The van der Waals surface area contributed by atoms with E-state index in [0.29, 0.717) is 5.75 Å². The lowest BCUT2D eigenvalue weighted by molar-refractivity contribution is -0.114. The summed E-state index contributed by atoms with van der Waals surface area (Å²) < 4.78 is 5.86. The molecule has 0 aromatic heterocycles. The summed E-state index contributed by atoms with van der Waals surface area (Å²) >= 11 is 0. The van der Waals surface area contributed by atoms with E-state index in [1.165, 1.54) is 6.08 Å². The van der Waals surface area contributed by atoms with Crippen molar-refractivity contribution in [1.29, 1.82) is 5.26 Å². The number of rotatable bonds is 5. The van der Waals surface area contributed by atoms with Crippen LogP contribution in [0.1, 0.15) is 24.2 Å². The molecule has 0 fully saturated rings. The maximum atomic E-state index is 11.0. The van der Waals surface area contributed by atoms with Crippen LogP contribution in [-0.2, 0) is 4.79 Å². The molecule has 0 aliphatic heterocycles. The van der Waals surface area contributed by atoms with Crippen molar-refractivity contribution < 1.29 is 9.53 Å². The lowest BCUT2D eigenvalue weighted by Gasteiger charge is -2.15. The zero-order chi connectivity index (χ0) is 15.9. The molecular weight excluding hydrogens is 276 g/mol. The number of benzene rings is 2. The predicted octanol–water partition coefficient (Wildman–Crippen LogP) is 3.22. The van der Waals surface area contributed by atoms with E-state index in [4.69, 9.17) is 15.7 Å². The van der Waals surface area contributed by atoms with Crippen molar-refractivity contribution in [3.63, 3.8) is 0 Å². The van der Waals surface area contributed by atoms with Crippen molar-refractivity contribution in [2.75, 3.05) is 0 Å². The van der Waals surface area contributed by atoms with Crippen molar-refractivity contribution in [2.24, 2.45) is 5.73 Å². The second kappa shape index (κ2) is 7.09. The lowest BCUT2D eigenvalue weighted by atomic mass is 10.1. The number of primary amides is 1. The second-order valence-corrected chi connectivity index (χ2v) is 4.77. The first-order valence-corrected chi connectivity index (χ1v) is 6.83. The molecule has 22 heavy (non-hydrogen) atoms. The van der Waals surface area contributed by atoms with Gasteiger partial charge in [-0.1, -0.05) is 42.5 Å². The number of amides is 1. The monoisotopic (exact) mass is 292 g/mol. The third kappa shape index (κ3) is 3.97. The van der Waals surface area contributed by atoms with Crippen LogP contribution in [0.25, 0.3) is 6.08 Å². The van der Waals surface area contributed by atoms with E-state index >= 15 is 0 Å². The Bertz CT molecular complexity index is 713. The first-order valence-electron chi connectivity index (χ1n) is 6.83. The van der Waals surface area contributed by atoms with E-state index in [2.05, 4.69) is 0 Å². The smallest absolute Gasteiger partial charge is 0.259 e. The SMILES string of the molecule is C[C@H](Oc1ccc(/C=C(\C#N)C(N)=O)cc1)c1ccccc1. The Morgan fingerprint density at radius 1 is 1.18 bits per heavy atom. The largest absolute Gasteiger partial charge is 0.486 e. The van der Waals surface area contributed by atoms with E-state index in [1.807, 2.05) is 37.3 Å². The van der Waals surface area contributed by atoms with Crippen LogP contribution in [0, 0.1) is 11.3 Å². The van der Waals surface area contributed by atoms with Gasteiger partial charge in [-0.15, -0.1) is 0 Å². The lowest BCUT2D eigenvalue weighted by Crippen LogP contribution is -2.12. The highest BCUT2D eigenvalue weighted by Gasteiger charge is 2.07. The van der Waals surface area contributed by atoms with Gasteiger partial charge in [0.05, 0.1) is 0 Å². The molecule has 0 heterocycles. The minimum absolute atomic E-state index is 0.0668. The first kappa shape index (κ1) is 15.3. The summed E-state index contributed by atoms with van der Waals surface area (Å²) in [5.74, 6) is -0.0217. The average Bonchev–Trinajstić information content (AvgIpc) is 2.54. The van der Waals surface area contributed by atoms with Gasteiger partial charge >= 0.3 is 0 Å². The van der Waals surface area contributed by atoms with Crippen molar-refractivity contribution in [2.45, 2.75) is 13.0 Å². The van der Waals surface area contributed by atoms with E-state index in [1.54, 1.807) is 30.3 Å². The molecule has 0 aliphatic rings. The third-order valence-corrected chi connectivity index (χ3v) is 3.16. The summed E-state index contributed by atoms with van der Waals surface area (Å²) in [6.07, 6.45) is 1.38. The highest BCUT2D eigenvalue weighted by atomic mass is 16.5. The molecule has 1 atom stereocenters. The third-order valence-electron chi connectivity index (χ3n) is 3.16. The summed E-state index contributed by atoms with van der Waals surface area (Å²) in [6, 6.07) is 18.8. The van der Waals surface area contributed by atoms with Crippen molar-refractivity contribution >= 4 is 12.0 Å². The molecule has 0 aliphatic carbocycles. The van der Waals surface area contributed by atoms with Crippen LogP contribution >= 0.6 is 0 Å². The molecule has 2 N–H and O–H groups in total. The van der Waals surface area contributed by atoms with E-state index in [0.717, 1.165) is 11.1 Å². The highest BCUT2D eigenvalue weighted by Crippen LogP contribution is 2.22. The quantitative estimate of drug-likeness (QED) is 0.679. The van der Waals surface area contributed by atoms with Crippen LogP contribution in [0.4, 0.5) is 0 Å². The Kier molecular flexibility index (Phi) is 4.94. The molecule has 1 amide bonds. The van der Waals surface area contributed by atoms with Crippen LogP contribution in [0.5, 0.6) is 5.75 Å². The maximum Gasteiger partial charge on any atom is 0.259 e. The van der Waals surface area contributed by atoms with Crippen LogP contribution in [0.2, 0.25) is 0 Å². The summed E-state index contributed by atoms with van der Waals surface area (Å²) in [7, 11) is 0. The van der Waals surface area contributed by atoms with Gasteiger partial charge in [-0.05, 0) is 36.3 Å². The van der Waals surface area contributed by atoms with Crippen LogP contribution < -0.4 is 10.5 Å². The Labute approximate surface area is 129 Å². The number of hydrogen-bond donors (Lipinski definition) is 1. The molecule has 2 rings (SSSR count). The van der Waals surface area contributed by atoms with Gasteiger partial charge in [0.25, 0.3) is 5.91 Å². The van der Waals surface area contributed by atoms with Gasteiger partial charge in [0, 0.05) is 0 Å². The number of hydrogen-bond acceptors (Lipinski definition) is 3. The van der Waals surface area contributed by atoms with Crippen LogP contribution in [-0.4, -0.2) is 5.91 Å². The van der Waals surface area contributed by atoms with Gasteiger partial charge in [-0.25, -0.2) is 0 Å². The molecule has 0 spiro atoms. The van der Waals surface area contributed by atoms with Crippen molar-refractivity contribution in [1.82, 2.24) is 0 Å². The number of nitrogens with zero attached hydrogens (tertiary/aromatic N) is 1. The van der Waals surface area contributed by atoms with Crippen LogP contribution in [0.3, 0.4) is 0 Å². The summed E-state index contributed by atoms with van der Waals surface area (Å²) in [4.78, 5) is 11.0. The minimum Gasteiger partial charge on any atom is -0.486 e. The molecule has 4 nitrogen and oxygen atoms in total. The molecule has 0 saturated heterocycles. The normalized spacial score (nSPS) is 12.3. The summed E-state index contributed by atoms with van der Waals surface area (Å²) in [6.45, 7) is 1.98. The van der Waals surface area contributed by atoms with Crippen molar-refractivity contribution in [3.8, 4) is 11.8 Å². The number of carbonyl (C=O) groups is 1. The predicted molar refractivity (Wildman–Crippen MR) is 84.7 cm³/mol. The maximum absolute atomic E-state index is 11.0. The number of nitriles is 1. The first-order chi connectivity index (χ1) is 10.6. The minimum atomic E-state index is -0.736. The van der Waals surface area contributed by atoms with Gasteiger partial charge in [-0.3, -0.25) is 4.79 Å². The number of nitrogens with two attached hydrogens (primary N) is 1. The van der Waals surface area contributed by atoms with E-state index < -0.39 is 5.91 Å². The van der Waals surface area contributed by atoms with Gasteiger partial charge in [0.15, 0.2) is 0 Å². The van der Waals surface area contributed by atoms with E-state index in [-0.39, 0.29) is 11.7 Å². The van der Waals surface area contributed by atoms with Gasteiger partial charge in [0.1, 0.15) is 23.5 Å². The zero-order valence-electron chi connectivity index (χ0n) is 12.2. The van der Waals surface area contributed by atoms with Gasteiger partial charge in [0.2, 0.25) is 0 Å². The molecule has 110 valence electrons. The Morgan fingerprint density at radius 3 is 2.36 bits per heavy atom. The summed E-state index contributed by atoms with van der Waals surface area (Å²) in [5.41, 5.74) is 6.83. The number of carbonyl (C=O) groups excluding carboxylic acids is 1. The van der Waals surface area contributed by atoms with E-state index in [9.17, 15) is 4.79 Å². The summed E-state index contributed by atoms with van der Waals surface area (Å²) in [5, 5.41) is 8.81. The Hall–Kier alpha value is -3.06. The second-order valence-electron chi connectivity index (χ2n) is 4.77. The number of ether oxygens (including phenoxy) is 1. The zero-order valence-corrected chi connectivity index (χ0v) is 12.2. The molecule has 2 aromatic rings. The van der Waals surface area contributed by atoms with Gasteiger partial charge < -0.3 is 10.5 Å². The highest BCUT2D eigenvalue weighted by molar-refractivity contribution is 6.00. The molecule has 2 aromatic carbocycles. The molecule has 0 bridgehead atoms. The molecule has 0 radical (unpaired) electrons. The molecular formula is C18H16N2O2. The Morgan fingerprint density at radius 2 is 1.82 bits per heavy atom. The fraction of sp³-hybridized carbons (Fsp3) is 0.111. The topological polar surface area (TPSA) is 76.1 Å². The fourth-order valence-electron chi connectivity index (χ4n) is 1.96. The Balaban J connectivity index is 2.10. The molecule has 4 heteroatoms. The van der Waals surface area contributed by atoms with Crippen molar-refractivity contribution in [3.05, 3.63) is 71.3 Å². The fourth-order valence-corrected chi connectivity index (χ4v) is 1.96. The van der Waals surface area contributed by atoms with Gasteiger partial charge in [-0.2, -0.15) is 5.26 Å².